The first-order valence-corrected chi connectivity index (χ1v) is 6.24. The Morgan fingerprint density at radius 3 is 2.72 bits per heavy atom. The van der Waals surface area contributed by atoms with E-state index in [0.717, 1.165) is 30.1 Å². The van der Waals surface area contributed by atoms with E-state index in [-0.39, 0.29) is 0 Å². The molecule has 0 radical (unpaired) electrons. The minimum atomic E-state index is -0.508. The summed E-state index contributed by atoms with van der Waals surface area (Å²) in [6.07, 6.45) is 2.78. The van der Waals surface area contributed by atoms with Crippen molar-refractivity contribution in [3.05, 3.63) is 35.5 Å². The third-order valence-corrected chi connectivity index (χ3v) is 2.82. The lowest BCUT2D eigenvalue weighted by Gasteiger charge is -2.07. The smallest absolute Gasteiger partial charge is 0.155 e. The maximum atomic E-state index is 9.60. The SMILES string of the molecule is CCc1nc(CC)n(-c2cc(C(C)O)ccn2)n1. The van der Waals surface area contributed by atoms with Crippen LogP contribution in [-0.4, -0.2) is 24.9 Å². The molecule has 0 saturated carbocycles. The van der Waals surface area contributed by atoms with Crippen LogP contribution in [0.2, 0.25) is 0 Å². The molecular weight excluding hydrogens is 228 g/mol. The Hall–Kier alpha value is -1.75. The predicted molar refractivity (Wildman–Crippen MR) is 68.5 cm³/mol. The Balaban J connectivity index is 2.47. The van der Waals surface area contributed by atoms with Gasteiger partial charge in [0.2, 0.25) is 0 Å². The van der Waals surface area contributed by atoms with Crippen molar-refractivity contribution >= 4 is 0 Å². The maximum Gasteiger partial charge on any atom is 0.155 e. The van der Waals surface area contributed by atoms with Gasteiger partial charge in [0.15, 0.2) is 11.6 Å². The number of pyridine rings is 1. The van der Waals surface area contributed by atoms with Crippen molar-refractivity contribution in [2.45, 2.75) is 39.7 Å². The number of hydrogen-bond acceptors (Lipinski definition) is 4. The molecule has 18 heavy (non-hydrogen) atoms. The zero-order valence-electron chi connectivity index (χ0n) is 11.0. The van der Waals surface area contributed by atoms with Crippen molar-refractivity contribution in [2.75, 3.05) is 0 Å². The molecule has 0 bridgehead atoms. The Labute approximate surface area is 107 Å². The standard InChI is InChI=1S/C13H18N4O/c1-4-11-15-12(5-2)17(16-11)13-8-10(9(3)18)6-7-14-13/h6-9,18H,4-5H2,1-3H3. The second-order valence-corrected chi connectivity index (χ2v) is 4.19. The van der Waals surface area contributed by atoms with Gasteiger partial charge in [-0.3, -0.25) is 0 Å². The van der Waals surface area contributed by atoms with Gasteiger partial charge in [-0.25, -0.2) is 9.97 Å². The van der Waals surface area contributed by atoms with Gasteiger partial charge in [-0.05, 0) is 24.6 Å². The summed E-state index contributed by atoms with van der Waals surface area (Å²) >= 11 is 0. The number of aliphatic hydroxyl groups excluding tert-OH is 1. The summed E-state index contributed by atoms with van der Waals surface area (Å²) in [6.45, 7) is 5.80. The van der Waals surface area contributed by atoms with Crippen LogP contribution < -0.4 is 0 Å². The van der Waals surface area contributed by atoms with E-state index in [2.05, 4.69) is 15.1 Å². The van der Waals surface area contributed by atoms with Crippen LogP contribution >= 0.6 is 0 Å². The van der Waals surface area contributed by atoms with E-state index in [0.29, 0.717) is 5.82 Å². The summed E-state index contributed by atoms with van der Waals surface area (Å²) in [5.41, 5.74) is 0.829. The Morgan fingerprint density at radius 1 is 1.33 bits per heavy atom. The molecule has 0 saturated heterocycles. The number of aryl methyl sites for hydroxylation is 2. The van der Waals surface area contributed by atoms with Crippen LogP contribution in [0, 0.1) is 0 Å². The van der Waals surface area contributed by atoms with Crippen LogP contribution in [0.4, 0.5) is 0 Å². The van der Waals surface area contributed by atoms with E-state index in [1.165, 1.54) is 0 Å². The largest absolute Gasteiger partial charge is 0.389 e. The Kier molecular flexibility index (Phi) is 3.72. The van der Waals surface area contributed by atoms with E-state index in [9.17, 15) is 5.11 Å². The van der Waals surface area contributed by atoms with Crippen LogP contribution in [0.3, 0.4) is 0 Å². The van der Waals surface area contributed by atoms with Crippen molar-refractivity contribution in [3.8, 4) is 5.82 Å². The molecule has 0 aliphatic heterocycles. The third-order valence-electron chi connectivity index (χ3n) is 2.82. The zero-order chi connectivity index (χ0) is 13.1. The fourth-order valence-electron chi connectivity index (χ4n) is 1.76. The monoisotopic (exact) mass is 246 g/mol. The lowest BCUT2D eigenvalue weighted by molar-refractivity contribution is 0.199. The average molecular weight is 246 g/mol. The summed E-state index contributed by atoms with van der Waals surface area (Å²) in [7, 11) is 0. The third kappa shape index (κ3) is 2.41. The fraction of sp³-hybridized carbons (Fsp3) is 0.462. The highest BCUT2D eigenvalue weighted by molar-refractivity contribution is 5.29. The summed E-state index contributed by atoms with van der Waals surface area (Å²) in [6, 6.07) is 3.65. The summed E-state index contributed by atoms with van der Waals surface area (Å²) in [5, 5.41) is 14.0. The van der Waals surface area contributed by atoms with Crippen LogP contribution in [0.15, 0.2) is 18.3 Å². The van der Waals surface area contributed by atoms with Crippen LogP contribution in [-0.2, 0) is 12.8 Å². The van der Waals surface area contributed by atoms with Gasteiger partial charge in [0.05, 0.1) is 6.10 Å². The van der Waals surface area contributed by atoms with Crippen LogP contribution in [0.1, 0.15) is 44.1 Å². The molecule has 0 spiro atoms. The molecule has 2 aromatic heterocycles. The molecule has 5 heteroatoms. The highest BCUT2D eigenvalue weighted by Crippen LogP contribution is 2.15. The van der Waals surface area contributed by atoms with Gasteiger partial charge in [-0.2, -0.15) is 4.68 Å². The second-order valence-electron chi connectivity index (χ2n) is 4.19. The van der Waals surface area contributed by atoms with Gasteiger partial charge in [0.25, 0.3) is 0 Å². The number of nitrogens with zero attached hydrogens (tertiary/aromatic N) is 4. The topological polar surface area (TPSA) is 63.8 Å². The average Bonchev–Trinajstić information content (AvgIpc) is 2.82. The molecule has 0 aliphatic carbocycles. The van der Waals surface area contributed by atoms with Gasteiger partial charge in [-0.1, -0.05) is 13.8 Å². The highest BCUT2D eigenvalue weighted by Gasteiger charge is 2.11. The van der Waals surface area contributed by atoms with Crippen LogP contribution in [0.5, 0.6) is 0 Å². The molecule has 2 rings (SSSR count). The van der Waals surface area contributed by atoms with E-state index >= 15 is 0 Å². The predicted octanol–water partition coefficient (Wildman–Crippen LogP) is 1.84. The van der Waals surface area contributed by atoms with Crippen molar-refractivity contribution < 1.29 is 5.11 Å². The molecule has 0 fully saturated rings. The lowest BCUT2D eigenvalue weighted by Crippen LogP contribution is -2.05. The minimum Gasteiger partial charge on any atom is -0.389 e. The first kappa shape index (κ1) is 12.7. The van der Waals surface area contributed by atoms with Crippen molar-refractivity contribution in [1.82, 2.24) is 19.7 Å². The number of hydrogen-bond donors (Lipinski definition) is 1. The van der Waals surface area contributed by atoms with Gasteiger partial charge in [0.1, 0.15) is 5.82 Å². The summed E-state index contributed by atoms with van der Waals surface area (Å²) in [5.74, 6) is 2.41. The fourth-order valence-corrected chi connectivity index (χ4v) is 1.76. The first-order chi connectivity index (χ1) is 8.65. The Morgan fingerprint density at radius 2 is 2.11 bits per heavy atom. The molecular formula is C13H18N4O. The van der Waals surface area contributed by atoms with Crippen molar-refractivity contribution in [2.24, 2.45) is 0 Å². The van der Waals surface area contributed by atoms with Gasteiger partial charge < -0.3 is 5.11 Å². The van der Waals surface area contributed by atoms with E-state index in [4.69, 9.17) is 0 Å². The minimum absolute atomic E-state index is 0.508. The van der Waals surface area contributed by atoms with E-state index < -0.39 is 6.10 Å². The summed E-state index contributed by atoms with van der Waals surface area (Å²) < 4.78 is 1.75. The lowest BCUT2D eigenvalue weighted by atomic mass is 10.2. The molecule has 5 nitrogen and oxygen atoms in total. The maximum absolute atomic E-state index is 9.60. The number of rotatable bonds is 4. The van der Waals surface area contributed by atoms with Gasteiger partial charge >= 0.3 is 0 Å². The Bertz CT molecular complexity index is 534. The molecule has 1 N–H and O–H groups in total. The number of aromatic nitrogens is 4. The molecule has 1 atom stereocenters. The molecule has 0 aromatic carbocycles. The van der Waals surface area contributed by atoms with Crippen LogP contribution in [0.25, 0.3) is 5.82 Å². The van der Waals surface area contributed by atoms with E-state index in [1.54, 1.807) is 23.9 Å². The highest BCUT2D eigenvalue weighted by atomic mass is 16.3. The van der Waals surface area contributed by atoms with Gasteiger partial charge in [-0.15, -0.1) is 5.10 Å². The van der Waals surface area contributed by atoms with E-state index in [1.807, 2.05) is 19.9 Å². The second kappa shape index (κ2) is 5.27. The molecule has 0 amide bonds. The zero-order valence-corrected chi connectivity index (χ0v) is 11.0. The normalized spacial score (nSPS) is 12.7. The molecule has 2 aromatic rings. The summed E-state index contributed by atoms with van der Waals surface area (Å²) in [4.78, 5) is 8.75. The number of aliphatic hydroxyl groups is 1. The van der Waals surface area contributed by atoms with Crippen molar-refractivity contribution in [1.29, 1.82) is 0 Å². The molecule has 0 aliphatic rings. The quantitative estimate of drug-likeness (QED) is 0.894. The van der Waals surface area contributed by atoms with Crippen molar-refractivity contribution in [3.63, 3.8) is 0 Å². The van der Waals surface area contributed by atoms with Gasteiger partial charge in [0, 0.05) is 19.0 Å². The molecule has 1 unspecified atom stereocenters. The molecule has 96 valence electrons. The molecule has 2 heterocycles. The first-order valence-electron chi connectivity index (χ1n) is 6.24.